The van der Waals surface area contributed by atoms with Gasteiger partial charge in [0.15, 0.2) is 0 Å². The van der Waals surface area contributed by atoms with Gasteiger partial charge in [-0.05, 0) is 24.3 Å². The number of fused-ring (bicyclic) bond motifs is 1. The minimum absolute atomic E-state index is 0.506. The van der Waals surface area contributed by atoms with Crippen LogP contribution >= 0.6 is 0 Å². The lowest BCUT2D eigenvalue weighted by Gasteiger charge is -2.08. The molecule has 5 heteroatoms. The number of pyridine rings is 1. The molecule has 90 valence electrons. The Morgan fingerprint density at radius 1 is 1.06 bits per heavy atom. The van der Waals surface area contributed by atoms with Crippen molar-refractivity contribution in [3.8, 4) is 11.5 Å². The Hall–Kier alpha value is -2.69. The molecule has 0 atom stereocenters. The molecular formula is C13H12N4O. The van der Waals surface area contributed by atoms with Gasteiger partial charge in [0.2, 0.25) is 0 Å². The number of anilines is 2. The number of hydrogen-bond donors (Lipinski definition) is 3. The Bertz CT molecular complexity index is 705. The average molecular weight is 240 g/mol. The highest BCUT2D eigenvalue weighted by Crippen LogP contribution is 2.30. The highest BCUT2D eigenvalue weighted by atomic mass is 16.5. The first kappa shape index (κ1) is 10.5. The number of rotatable bonds is 2. The zero-order valence-corrected chi connectivity index (χ0v) is 9.55. The smallest absolute Gasteiger partial charge is 0.140 e. The predicted octanol–water partition coefficient (Wildman–Crippen LogP) is 2.52. The molecule has 0 spiro atoms. The largest absolute Gasteiger partial charge is 0.456 e. The van der Waals surface area contributed by atoms with Gasteiger partial charge in [0.25, 0.3) is 0 Å². The van der Waals surface area contributed by atoms with Crippen LogP contribution in [-0.4, -0.2) is 9.97 Å². The second-order valence-electron chi connectivity index (χ2n) is 3.94. The van der Waals surface area contributed by atoms with E-state index in [0.717, 1.165) is 16.8 Å². The first-order chi connectivity index (χ1) is 8.74. The van der Waals surface area contributed by atoms with Gasteiger partial charge in [-0.15, -0.1) is 0 Å². The summed E-state index contributed by atoms with van der Waals surface area (Å²) < 4.78 is 5.79. The maximum atomic E-state index is 5.79. The Morgan fingerprint density at radius 3 is 2.78 bits per heavy atom. The van der Waals surface area contributed by atoms with Crippen LogP contribution in [0.5, 0.6) is 11.5 Å². The van der Waals surface area contributed by atoms with Gasteiger partial charge >= 0.3 is 0 Å². The van der Waals surface area contributed by atoms with Crippen LogP contribution in [0, 0.1) is 0 Å². The molecule has 0 fully saturated rings. The molecule has 5 N–H and O–H groups in total. The summed E-state index contributed by atoms with van der Waals surface area (Å²) in [4.78, 5) is 7.23. The van der Waals surface area contributed by atoms with Gasteiger partial charge in [0, 0.05) is 18.5 Å². The molecule has 0 saturated carbocycles. The first-order valence-corrected chi connectivity index (χ1v) is 5.49. The molecule has 2 aromatic heterocycles. The number of ether oxygens (including phenoxy) is 1. The van der Waals surface area contributed by atoms with Crippen LogP contribution in [0.25, 0.3) is 11.0 Å². The first-order valence-electron chi connectivity index (χ1n) is 5.49. The summed E-state index contributed by atoms with van der Waals surface area (Å²) in [6.45, 7) is 0. The van der Waals surface area contributed by atoms with E-state index in [1.807, 2.05) is 18.3 Å². The monoisotopic (exact) mass is 240 g/mol. The van der Waals surface area contributed by atoms with E-state index in [-0.39, 0.29) is 0 Å². The van der Waals surface area contributed by atoms with Crippen molar-refractivity contribution in [1.29, 1.82) is 0 Å². The Balaban J connectivity index is 2.01. The van der Waals surface area contributed by atoms with E-state index in [1.54, 1.807) is 24.4 Å². The fourth-order valence-electron chi connectivity index (χ4n) is 1.77. The molecule has 5 nitrogen and oxygen atoms in total. The Kier molecular flexibility index (Phi) is 2.30. The van der Waals surface area contributed by atoms with Crippen LogP contribution in [0.4, 0.5) is 11.4 Å². The number of nitrogen functional groups attached to an aromatic ring is 2. The Labute approximate surface area is 103 Å². The minimum atomic E-state index is 0.506. The third-order valence-corrected chi connectivity index (χ3v) is 2.71. The maximum Gasteiger partial charge on any atom is 0.140 e. The van der Waals surface area contributed by atoms with Crippen LogP contribution in [0.3, 0.4) is 0 Å². The van der Waals surface area contributed by atoms with E-state index in [0.29, 0.717) is 17.1 Å². The van der Waals surface area contributed by atoms with Crippen LogP contribution in [0.2, 0.25) is 0 Å². The number of hydrogen-bond acceptors (Lipinski definition) is 4. The number of nitrogens with two attached hydrogens (primary N) is 2. The molecule has 3 aromatic rings. The number of aromatic nitrogens is 2. The third kappa shape index (κ3) is 1.71. The number of benzene rings is 1. The second-order valence-corrected chi connectivity index (χ2v) is 3.94. The van der Waals surface area contributed by atoms with Gasteiger partial charge in [-0.1, -0.05) is 0 Å². The summed E-state index contributed by atoms with van der Waals surface area (Å²) in [6, 6.07) is 8.93. The number of nitrogens with zero attached hydrogens (tertiary/aromatic N) is 1. The van der Waals surface area contributed by atoms with Gasteiger partial charge < -0.3 is 21.2 Å². The highest BCUT2D eigenvalue weighted by molar-refractivity contribution is 5.82. The van der Waals surface area contributed by atoms with E-state index in [2.05, 4.69) is 9.97 Å². The van der Waals surface area contributed by atoms with E-state index in [4.69, 9.17) is 16.2 Å². The third-order valence-electron chi connectivity index (χ3n) is 2.71. The van der Waals surface area contributed by atoms with E-state index in [1.165, 1.54) is 0 Å². The van der Waals surface area contributed by atoms with Gasteiger partial charge in [-0.25, -0.2) is 4.98 Å². The van der Waals surface area contributed by atoms with Crippen LogP contribution in [-0.2, 0) is 0 Å². The molecule has 0 unspecified atom stereocenters. The summed E-state index contributed by atoms with van der Waals surface area (Å²) in [6.07, 6.45) is 3.51. The number of nitrogens with one attached hydrogen (secondary N) is 1. The summed E-state index contributed by atoms with van der Waals surface area (Å²) >= 11 is 0. The molecule has 0 aliphatic rings. The highest BCUT2D eigenvalue weighted by Gasteiger charge is 2.05. The van der Waals surface area contributed by atoms with Crippen molar-refractivity contribution in [1.82, 2.24) is 9.97 Å². The topological polar surface area (TPSA) is 90.0 Å². The normalized spacial score (nSPS) is 10.7. The van der Waals surface area contributed by atoms with Crippen molar-refractivity contribution in [3.63, 3.8) is 0 Å². The van der Waals surface area contributed by atoms with Crippen LogP contribution in [0.15, 0.2) is 42.7 Å². The van der Waals surface area contributed by atoms with Gasteiger partial charge in [-0.3, -0.25) is 0 Å². The van der Waals surface area contributed by atoms with Crippen molar-refractivity contribution < 1.29 is 4.74 Å². The van der Waals surface area contributed by atoms with Gasteiger partial charge in [-0.2, -0.15) is 0 Å². The zero-order chi connectivity index (χ0) is 12.5. The SMILES string of the molecule is Nc1ccc(Oc2ccnc3[nH]ccc23)cc1N. The molecule has 18 heavy (non-hydrogen) atoms. The van der Waals surface area contributed by atoms with Crippen molar-refractivity contribution in [2.75, 3.05) is 11.5 Å². The van der Waals surface area contributed by atoms with Crippen molar-refractivity contribution in [2.24, 2.45) is 0 Å². The molecule has 0 saturated heterocycles. The molecule has 1 aromatic carbocycles. The molecule has 0 aliphatic heterocycles. The molecule has 0 radical (unpaired) electrons. The maximum absolute atomic E-state index is 5.79. The molecule has 0 amide bonds. The number of aromatic amines is 1. The lowest BCUT2D eigenvalue weighted by Crippen LogP contribution is -1.95. The van der Waals surface area contributed by atoms with Gasteiger partial charge in [0.05, 0.1) is 16.8 Å². The van der Waals surface area contributed by atoms with E-state index in [9.17, 15) is 0 Å². The summed E-state index contributed by atoms with van der Waals surface area (Å²) in [5.74, 6) is 1.38. The van der Waals surface area contributed by atoms with E-state index < -0.39 is 0 Å². The quantitative estimate of drug-likeness (QED) is 0.600. The van der Waals surface area contributed by atoms with Crippen LogP contribution < -0.4 is 16.2 Å². The molecule has 0 bridgehead atoms. The molecule has 0 aliphatic carbocycles. The lowest BCUT2D eigenvalue weighted by atomic mass is 10.2. The fraction of sp³-hybridized carbons (Fsp3) is 0. The predicted molar refractivity (Wildman–Crippen MR) is 71.4 cm³/mol. The van der Waals surface area contributed by atoms with Gasteiger partial charge in [0.1, 0.15) is 17.1 Å². The van der Waals surface area contributed by atoms with Crippen molar-refractivity contribution in [3.05, 3.63) is 42.7 Å². The standard InChI is InChI=1S/C13H12N4O/c14-10-2-1-8(7-11(10)15)18-12-4-6-17-13-9(12)3-5-16-13/h1-7H,14-15H2,(H,16,17). The minimum Gasteiger partial charge on any atom is -0.456 e. The molecule has 3 rings (SSSR count). The second kappa shape index (κ2) is 3.96. The fourth-order valence-corrected chi connectivity index (χ4v) is 1.77. The molecule has 2 heterocycles. The molecular weight excluding hydrogens is 228 g/mol. The van der Waals surface area contributed by atoms with Crippen LogP contribution in [0.1, 0.15) is 0 Å². The zero-order valence-electron chi connectivity index (χ0n) is 9.55. The average Bonchev–Trinajstić information content (AvgIpc) is 2.83. The van der Waals surface area contributed by atoms with Crippen molar-refractivity contribution >= 4 is 22.4 Å². The van der Waals surface area contributed by atoms with Crippen molar-refractivity contribution in [2.45, 2.75) is 0 Å². The van der Waals surface area contributed by atoms with E-state index >= 15 is 0 Å². The summed E-state index contributed by atoms with van der Waals surface area (Å²) in [5, 5.41) is 0.924. The Morgan fingerprint density at radius 2 is 1.94 bits per heavy atom. The number of H-pyrrole nitrogens is 1. The summed E-state index contributed by atoms with van der Waals surface area (Å²) in [7, 11) is 0. The summed E-state index contributed by atoms with van der Waals surface area (Å²) in [5.41, 5.74) is 13.2. The lowest BCUT2D eigenvalue weighted by molar-refractivity contribution is 0.488.